The maximum Gasteiger partial charge on any atom is 0.328 e. The third-order valence-electron chi connectivity index (χ3n) is 5.51. The molecule has 0 aliphatic heterocycles. The van der Waals surface area contributed by atoms with E-state index in [9.17, 15) is 14.4 Å². The first-order chi connectivity index (χ1) is 14.5. The molecule has 2 aromatic carbocycles. The van der Waals surface area contributed by atoms with E-state index in [0.29, 0.717) is 22.4 Å². The third kappa shape index (κ3) is 3.56. The van der Waals surface area contributed by atoms with E-state index in [1.807, 2.05) is 12.1 Å². The van der Waals surface area contributed by atoms with Crippen molar-refractivity contribution in [3.63, 3.8) is 0 Å². The highest BCUT2D eigenvalue weighted by Gasteiger charge is 2.26. The van der Waals surface area contributed by atoms with Crippen LogP contribution in [0.15, 0.2) is 46.0 Å². The molecule has 2 N–H and O–H groups in total. The summed E-state index contributed by atoms with van der Waals surface area (Å²) in [5.74, 6) is 1.06. The zero-order valence-corrected chi connectivity index (χ0v) is 16.9. The molecule has 1 unspecified atom stereocenters. The van der Waals surface area contributed by atoms with Gasteiger partial charge in [-0.1, -0.05) is 12.1 Å². The fourth-order valence-electron chi connectivity index (χ4n) is 3.96. The number of H-pyrrole nitrogens is 1. The third-order valence-corrected chi connectivity index (χ3v) is 5.51. The Balaban J connectivity index is 1.48. The average molecular weight is 409 g/mol. The summed E-state index contributed by atoms with van der Waals surface area (Å²) in [6.07, 6.45) is 1.62. The molecule has 4 rings (SSSR count). The average Bonchev–Trinajstić information content (AvgIpc) is 3.13. The number of amides is 1. The lowest BCUT2D eigenvalue weighted by Crippen LogP contribution is -2.37. The molecule has 0 fully saturated rings. The van der Waals surface area contributed by atoms with E-state index in [-0.39, 0.29) is 24.9 Å². The van der Waals surface area contributed by atoms with E-state index < -0.39 is 11.2 Å². The van der Waals surface area contributed by atoms with Gasteiger partial charge in [0.25, 0.3) is 5.56 Å². The van der Waals surface area contributed by atoms with Crippen LogP contribution in [0.4, 0.5) is 0 Å². The first-order valence-electron chi connectivity index (χ1n) is 9.78. The quantitative estimate of drug-likeness (QED) is 0.647. The van der Waals surface area contributed by atoms with Gasteiger partial charge in [-0.3, -0.25) is 14.2 Å². The summed E-state index contributed by atoms with van der Waals surface area (Å²) in [4.78, 5) is 40.1. The van der Waals surface area contributed by atoms with Crippen LogP contribution in [-0.2, 0) is 17.8 Å². The topological polar surface area (TPSA) is 102 Å². The Kier molecular flexibility index (Phi) is 5.31. The number of benzene rings is 2. The number of carbonyl (C=O) groups is 1. The lowest BCUT2D eigenvalue weighted by Gasteiger charge is -2.16. The van der Waals surface area contributed by atoms with Crippen LogP contribution in [-0.4, -0.2) is 29.7 Å². The van der Waals surface area contributed by atoms with E-state index in [0.717, 1.165) is 28.5 Å². The Labute approximate surface area is 172 Å². The Bertz CT molecular complexity index is 1230. The van der Waals surface area contributed by atoms with E-state index in [1.54, 1.807) is 38.5 Å². The van der Waals surface area contributed by atoms with E-state index >= 15 is 0 Å². The molecule has 8 nitrogen and oxygen atoms in total. The van der Waals surface area contributed by atoms with Crippen molar-refractivity contribution in [3.8, 4) is 11.5 Å². The Morgan fingerprint density at radius 1 is 1.17 bits per heavy atom. The second-order valence-electron chi connectivity index (χ2n) is 7.25. The van der Waals surface area contributed by atoms with Crippen molar-refractivity contribution in [3.05, 3.63) is 68.4 Å². The minimum atomic E-state index is -0.519. The molecule has 0 saturated heterocycles. The summed E-state index contributed by atoms with van der Waals surface area (Å²) in [5, 5.41) is 3.43. The zero-order valence-electron chi connectivity index (χ0n) is 16.9. The molecule has 8 heteroatoms. The first-order valence-corrected chi connectivity index (χ1v) is 9.78. The van der Waals surface area contributed by atoms with Gasteiger partial charge in [0.05, 0.1) is 31.2 Å². The first kappa shape index (κ1) is 19.8. The van der Waals surface area contributed by atoms with Crippen molar-refractivity contribution in [1.82, 2.24) is 14.9 Å². The van der Waals surface area contributed by atoms with Gasteiger partial charge >= 0.3 is 5.69 Å². The number of aromatic amines is 1. The summed E-state index contributed by atoms with van der Waals surface area (Å²) in [5.41, 5.74) is 1.68. The number of aromatic nitrogens is 2. The standard InChI is InChI=1S/C22H23N3O5/c1-29-18-11-13-7-8-17(15(13)12-19(18)30-2)23-20(26)9-10-25-21(27)14-5-3-4-6-16(14)24-22(25)28/h3-6,11-12,17H,7-10H2,1-2H3,(H,23,26)(H,24,28). The van der Waals surface area contributed by atoms with Crippen molar-refractivity contribution in [2.45, 2.75) is 31.8 Å². The zero-order chi connectivity index (χ0) is 21.3. The van der Waals surface area contributed by atoms with Gasteiger partial charge in [-0.2, -0.15) is 0 Å². The molecule has 0 spiro atoms. The monoisotopic (exact) mass is 409 g/mol. The number of nitrogens with one attached hydrogen (secondary N) is 2. The normalized spacial score (nSPS) is 15.1. The molecule has 0 bridgehead atoms. The summed E-state index contributed by atoms with van der Waals surface area (Å²) in [6, 6.07) is 10.5. The number of hydrogen-bond acceptors (Lipinski definition) is 5. The van der Waals surface area contributed by atoms with Crippen LogP contribution in [0.25, 0.3) is 10.9 Å². The van der Waals surface area contributed by atoms with Crippen LogP contribution in [0.2, 0.25) is 0 Å². The summed E-state index contributed by atoms with van der Waals surface area (Å²) in [7, 11) is 3.17. The van der Waals surface area contributed by atoms with Crippen LogP contribution < -0.4 is 26.0 Å². The maximum absolute atomic E-state index is 12.6. The van der Waals surface area contributed by atoms with Crippen LogP contribution in [0.1, 0.15) is 30.0 Å². The summed E-state index contributed by atoms with van der Waals surface area (Å²) >= 11 is 0. The van der Waals surface area contributed by atoms with Crippen molar-refractivity contribution >= 4 is 16.8 Å². The highest BCUT2D eigenvalue weighted by atomic mass is 16.5. The Hall–Kier alpha value is -3.55. The molecule has 1 aliphatic rings. The molecular weight excluding hydrogens is 386 g/mol. The van der Waals surface area contributed by atoms with Crippen molar-refractivity contribution < 1.29 is 14.3 Å². The number of para-hydroxylation sites is 1. The number of methoxy groups -OCH3 is 2. The van der Waals surface area contributed by atoms with E-state index in [2.05, 4.69) is 10.3 Å². The number of hydrogen-bond donors (Lipinski definition) is 2. The Morgan fingerprint density at radius 2 is 1.90 bits per heavy atom. The Morgan fingerprint density at radius 3 is 2.67 bits per heavy atom. The van der Waals surface area contributed by atoms with Crippen LogP contribution in [0.5, 0.6) is 11.5 Å². The molecule has 1 aromatic heterocycles. The molecule has 30 heavy (non-hydrogen) atoms. The summed E-state index contributed by atoms with van der Waals surface area (Å²) in [6.45, 7) is 0.0103. The number of rotatable bonds is 6. The SMILES string of the molecule is COc1cc2c(cc1OC)C(NC(=O)CCn1c(=O)[nH]c3ccccc3c1=O)CC2. The largest absolute Gasteiger partial charge is 0.493 e. The molecule has 0 radical (unpaired) electrons. The minimum Gasteiger partial charge on any atom is -0.493 e. The fourth-order valence-corrected chi connectivity index (χ4v) is 3.96. The second-order valence-corrected chi connectivity index (χ2v) is 7.25. The molecule has 1 amide bonds. The van der Waals surface area contributed by atoms with Crippen LogP contribution in [0.3, 0.4) is 0 Å². The van der Waals surface area contributed by atoms with Gasteiger partial charge < -0.3 is 19.8 Å². The second kappa shape index (κ2) is 8.06. The number of ether oxygens (including phenoxy) is 2. The lowest BCUT2D eigenvalue weighted by molar-refractivity contribution is -0.122. The fraction of sp³-hybridized carbons (Fsp3) is 0.318. The molecule has 0 saturated carbocycles. The lowest BCUT2D eigenvalue weighted by atomic mass is 10.1. The van der Waals surface area contributed by atoms with Gasteiger partial charge in [-0.05, 0) is 48.2 Å². The van der Waals surface area contributed by atoms with Gasteiger partial charge in [-0.15, -0.1) is 0 Å². The highest BCUT2D eigenvalue weighted by molar-refractivity contribution is 5.78. The smallest absolute Gasteiger partial charge is 0.328 e. The molecular formula is C22H23N3O5. The summed E-state index contributed by atoms with van der Waals surface area (Å²) < 4.78 is 11.8. The van der Waals surface area contributed by atoms with Gasteiger partial charge in [-0.25, -0.2) is 4.79 Å². The van der Waals surface area contributed by atoms with E-state index in [1.165, 1.54) is 0 Å². The number of aryl methyl sites for hydroxylation is 1. The predicted molar refractivity (Wildman–Crippen MR) is 112 cm³/mol. The van der Waals surface area contributed by atoms with Crippen LogP contribution in [0, 0.1) is 0 Å². The molecule has 3 aromatic rings. The van der Waals surface area contributed by atoms with Gasteiger partial charge in [0, 0.05) is 13.0 Å². The van der Waals surface area contributed by atoms with Gasteiger partial charge in [0.2, 0.25) is 5.91 Å². The van der Waals surface area contributed by atoms with Gasteiger partial charge in [0.15, 0.2) is 11.5 Å². The molecule has 1 heterocycles. The van der Waals surface area contributed by atoms with Crippen molar-refractivity contribution in [2.24, 2.45) is 0 Å². The number of fused-ring (bicyclic) bond motifs is 2. The van der Waals surface area contributed by atoms with Crippen molar-refractivity contribution in [2.75, 3.05) is 14.2 Å². The minimum absolute atomic E-state index is 0.0103. The molecule has 1 aliphatic carbocycles. The number of nitrogens with zero attached hydrogens (tertiary/aromatic N) is 1. The molecule has 1 atom stereocenters. The maximum atomic E-state index is 12.6. The number of carbonyl (C=O) groups excluding carboxylic acids is 1. The van der Waals surface area contributed by atoms with Crippen molar-refractivity contribution in [1.29, 1.82) is 0 Å². The predicted octanol–water partition coefficient (Wildman–Crippen LogP) is 1.90. The van der Waals surface area contributed by atoms with Crippen LogP contribution >= 0.6 is 0 Å². The molecule has 156 valence electrons. The van der Waals surface area contributed by atoms with E-state index in [4.69, 9.17) is 9.47 Å². The highest BCUT2D eigenvalue weighted by Crippen LogP contribution is 2.39. The van der Waals surface area contributed by atoms with Gasteiger partial charge in [0.1, 0.15) is 0 Å².